The van der Waals surface area contributed by atoms with Gasteiger partial charge in [0.05, 0.1) is 0 Å². The Morgan fingerprint density at radius 3 is 2.33 bits per heavy atom. The topological polar surface area (TPSA) is 57.6 Å². The van der Waals surface area contributed by atoms with Crippen molar-refractivity contribution in [1.29, 1.82) is 0 Å². The molecule has 1 aliphatic rings. The molecule has 0 unspecified atom stereocenters. The largest absolute Gasteiger partial charge is 0.480 e. The van der Waals surface area contributed by atoms with Crippen LogP contribution in [0.3, 0.4) is 0 Å². The van der Waals surface area contributed by atoms with E-state index in [-0.39, 0.29) is 18.4 Å². The van der Waals surface area contributed by atoms with Gasteiger partial charge < -0.3 is 10.0 Å². The smallest absolute Gasteiger partial charge is 0.323 e. The Hall–Kier alpha value is -1.84. The number of rotatable bonds is 5. The molecule has 0 aromatic heterocycles. The number of nitrogens with zero attached hydrogens (tertiary/aromatic N) is 1. The maximum atomic E-state index is 12.1. The maximum Gasteiger partial charge on any atom is 0.323 e. The Bertz CT molecular complexity index is 449. The monoisotopic (exact) mass is 247 g/mol. The highest BCUT2D eigenvalue weighted by atomic mass is 16.4. The first-order chi connectivity index (χ1) is 8.61. The number of benzene rings is 1. The molecule has 0 aliphatic heterocycles. The number of amides is 1. The van der Waals surface area contributed by atoms with Gasteiger partial charge in [-0.05, 0) is 37.0 Å². The van der Waals surface area contributed by atoms with Gasteiger partial charge in [-0.25, -0.2) is 0 Å². The standard InChI is InChI=1S/C14H17NO3/c1-2-10-3-7-12(8-4-10)15(9-13(16)17)14(18)11-5-6-11/h3-4,7-8,11H,2,5-6,9H2,1H3,(H,16,17). The molecule has 0 saturated heterocycles. The molecule has 1 aromatic rings. The minimum absolute atomic E-state index is 0.0233. The Balaban J connectivity index is 2.20. The first kappa shape index (κ1) is 12.6. The van der Waals surface area contributed by atoms with Gasteiger partial charge in [0.1, 0.15) is 6.54 Å². The second kappa shape index (κ2) is 5.21. The van der Waals surface area contributed by atoms with E-state index in [9.17, 15) is 9.59 Å². The lowest BCUT2D eigenvalue weighted by molar-refractivity contribution is -0.136. The highest BCUT2D eigenvalue weighted by Crippen LogP contribution is 2.32. The zero-order valence-electron chi connectivity index (χ0n) is 10.4. The van der Waals surface area contributed by atoms with Gasteiger partial charge >= 0.3 is 5.97 Å². The van der Waals surface area contributed by atoms with Crippen LogP contribution in [0.1, 0.15) is 25.3 Å². The number of hydrogen-bond acceptors (Lipinski definition) is 2. The van der Waals surface area contributed by atoms with Gasteiger partial charge in [0.25, 0.3) is 0 Å². The normalized spacial score (nSPS) is 14.3. The van der Waals surface area contributed by atoms with Crippen molar-refractivity contribution in [2.24, 2.45) is 5.92 Å². The van der Waals surface area contributed by atoms with Crippen LogP contribution in [0.25, 0.3) is 0 Å². The molecule has 1 aliphatic carbocycles. The molecule has 0 bridgehead atoms. The van der Waals surface area contributed by atoms with E-state index in [1.165, 1.54) is 10.5 Å². The number of carbonyl (C=O) groups is 2. The van der Waals surface area contributed by atoms with E-state index < -0.39 is 5.97 Å². The zero-order valence-corrected chi connectivity index (χ0v) is 10.4. The summed E-state index contributed by atoms with van der Waals surface area (Å²) in [5, 5.41) is 8.90. The highest BCUT2D eigenvalue weighted by Gasteiger charge is 2.34. The number of carboxylic acid groups (broad SMARTS) is 1. The number of carboxylic acids is 1. The second-order valence-electron chi connectivity index (χ2n) is 4.61. The van der Waals surface area contributed by atoms with E-state index in [0.29, 0.717) is 5.69 Å². The fourth-order valence-electron chi connectivity index (χ4n) is 1.89. The van der Waals surface area contributed by atoms with Crippen LogP contribution in [0, 0.1) is 5.92 Å². The molecule has 0 atom stereocenters. The average molecular weight is 247 g/mol. The quantitative estimate of drug-likeness (QED) is 0.866. The number of aliphatic carboxylic acids is 1. The predicted molar refractivity (Wildman–Crippen MR) is 68.5 cm³/mol. The zero-order chi connectivity index (χ0) is 13.1. The predicted octanol–water partition coefficient (Wildman–Crippen LogP) is 2.08. The van der Waals surface area contributed by atoms with Crippen molar-refractivity contribution >= 4 is 17.6 Å². The molecule has 0 heterocycles. The van der Waals surface area contributed by atoms with E-state index in [4.69, 9.17) is 5.11 Å². The molecule has 1 aromatic carbocycles. The first-order valence-corrected chi connectivity index (χ1v) is 6.24. The summed E-state index contributed by atoms with van der Waals surface area (Å²) in [6.07, 6.45) is 2.68. The lowest BCUT2D eigenvalue weighted by atomic mass is 10.1. The molecular weight excluding hydrogens is 230 g/mol. The van der Waals surface area contributed by atoms with Crippen LogP contribution in [0.5, 0.6) is 0 Å². The van der Waals surface area contributed by atoms with Crippen molar-refractivity contribution in [3.05, 3.63) is 29.8 Å². The summed E-state index contributed by atoms with van der Waals surface area (Å²) in [5.74, 6) is -1.03. The van der Waals surface area contributed by atoms with Crippen LogP contribution in [0.4, 0.5) is 5.69 Å². The molecule has 2 rings (SSSR count). The van der Waals surface area contributed by atoms with Crippen molar-refractivity contribution in [2.75, 3.05) is 11.4 Å². The SMILES string of the molecule is CCc1ccc(N(CC(=O)O)C(=O)C2CC2)cc1. The Morgan fingerprint density at radius 2 is 1.89 bits per heavy atom. The number of aryl methyl sites for hydroxylation is 1. The van der Waals surface area contributed by atoms with E-state index >= 15 is 0 Å². The van der Waals surface area contributed by atoms with E-state index in [0.717, 1.165) is 19.3 Å². The maximum absolute atomic E-state index is 12.1. The highest BCUT2D eigenvalue weighted by molar-refractivity contribution is 5.99. The summed E-state index contributed by atoms with van der Waals surface area (Å²) in [5.41, 5.74) is 1.85. The van der Waals surface area contributed by atoms with Gasteiger partial charge in [0.15, 0.2) is 0 Å². The Labute approximate surface area is 106 Å². The molecule has 1 amide bonds. The second-order valence-corrected chi connectivity index (χ2v) is 4.61. The molecule has 4 nitrogen and oxygen atoms in total. The van der Waals surface area contributed by atoms with Crippen LogP contribution in [0.2, 0.25) is 0 Å². The van der Waals surface area contributed by atoms with Gasteiger partial charge in [0.2, 0.25) is 5.91 Å². The molecule has 18 heavy (non-hydrogen) atoms. The Kier molecular flexibility index (Phi) is 3.65. The molecule has 1 fully saturated rings. The number of anilines is 1. The average Bonchev–Trinajstić information content (AvgIpc) is 3.19. The van der Waals surface area contributed by atoms with Crippen molar-refractivity contribution in [3.8, 4) is 0 Å². The summed E-state index contributed by atoms with van der Waals surface area (Å²) in [4.78, 5) is 24.3. The Morgan fingerprint density at radius 1 is 1.28 bits per heavy atom. The lowest BCUT2D eigenvalue weighted by Gasteiger charge is -2.21. The summed E-state index contributed by atoms with van der Waals surface area (Å²) < 4.78 is 0. The third kappa shape index (κ3) is 2.88. The van der Waals surface area contributed by atoms with Gasteiger partial charge in [-0.1, -0.05) is 19.1 Å². The summed E-state index contributed by atoms with van der Waals surface area (Å²) in [6, 6.07) is 7.51. The van der Waals surface area contributed by atoms with Crippen LogP contribution in [-0.4, -0.2) is 23.5 Å². The summed E-state index contributed by atoms with van der Waals surface area (Å²) >= 11 is 0. The molecule has 1 saturated carbocycles. The summed E-state index contributed by atoms with van der Waals surface area (Å²) in [7, 11) is 0. The van der Waals surface area contributed by atoms with Crippen molar-refractivity contribution in [2.45, 2.75) is 26.2 Å². The molecule has 0 radical (unpaired) electrons. The summed E-state index contributed by atoms with van der Waals surface area (Å²) in [6.45, 7) is 1.79. The van der Waals surface area contributed by atoms with Crippen LogP contribution < -0.4 is 4.90 Å². The van der Waals surface area contributed by atoms with Crippen LogP contribution in [0.15, 0.2) is 24.3 Å². The molecular formula is C14H17NO3. The third-order valence-electron chi connectivity index (χ3n) is 3.14. The fraction of sp³-hybridized carbons (Fsp3) is 0.429. The minimum atomic E-state index is -0.983. The fourth-order valence-corrected chi connectivity index (χ4v) is 1.89. The van der Waals surface area contributed by atoms with Gasteiger partial charge in [-0.15, -0.1) is 0 Å². The third-order valence-corrected chi connectivity index (χ3v) is 3.14. The van der Waals surface area contributed by atoms with Crippen molar-refractivity contribution < 1.29 is 14.7 Å². The number of carbonyl (C=O) groups excluding carboxylic acids is 1. The van der Waals surface area contributed by atoms with E-state index in [1.54, 1.807) is 0 Å². The minimum Gasteiger partial charge on any atom is -0.480 e. The number of hydrogen-bond donors (Lipinski definition) is 1. The molecule has 0 spiro atoms. The van der Waals surface area contributed by atoms with Crippen LogP contribution in [-0.2, 0) is 16.0 Å². The molecule has 4 heteroatoms. The van der Waals surface area contributed by atoms with Crippen LogP contribution >= 0.6 is 0 Å². The van der Waals surface area contributed by atoms with E-state index in [2.05, 4.69) is 6.92 Å². The molecule has 1 N–H and O–H groups in total. The van der Waals surface area contributed by atoms with Crippen molar-refractivity contribution in [3.63, 3.8) is 0 Å². The van der Waals surface area contributed by atoms with Gasteiger partial charge in [-0.3, -0.25) is 9.59 Å². The van der Waals surface area contributed by atoms with Gasteiger partial charge in [0, 0.05) is 11.6 Å². The van der Waals surface area contributed by atoms with Gasteiger partial charge in [-0.2, -0.15) is 0 Å². The van der Waals surface area contributed by atoms with Crippen molar-refractivity contribution in [1.82, 2.24) is 0 Å². The lowest BCUT2D eigenvalue weighted by Crippen LogP contribution is -2.36. The first-order valence-electron chi connectivity index (χ1n) is 6.24. The molecule has 96 valence electrons. The van der Waals surface area contributed by atoms with E-state index in [1.807, 2.05) is 24.3 Å².